The number of nitrogens with one attached hydrogen (secondary N) is 1. The highest BCUT2D eigenvalue weighted by atomic mass is 32.1. The Morgan fingerprint density at radius 3 is 3.00 bits per heavy atom. The standard InChI is InChI=1S/C10H17N3O3S/c1-10(15,3-4-16-2)6-12-8(14)7-5-17-9(11)13-7/h5,15H,3-4,6H2,1-2H3,(H2,11,13)(H,12,14). The monoisotopic (exact) mass is 259 g/mol. The summed E-state index contributed by atoms with van der Waals surface area (Å²) in [4.78, 5) is 15.5. The zero-order valence-corrected chi connectivity index (χ0v) is 10.7. The summed E-state index contributed by atoms with van der Waals surface area (Å²) >= 11 is 1.20. The third kappa shape index (κ3) is 4.68. The van der Waals surface area contributed by atoms with Crippen LogP contribution in [0.5, 0.6) is 0 Å². The molecule has 0 aliphatic carbocycles. The van der Waals surface area contributed by atoms with Crippen molar-refractivity contribution in [2.45, 2.75) is 18.9 Å². The highest BCUT2D eigenvalue weighted by Gasteiger charge is 2.21. The lowest BCUT2D eigenvalue weighted by Crippen LogP contribution is -2.41. The number of nitrogens with two attached hydrogens (primary N) is 1. The van der Waals surface area contributed by atoms with E-state index in [1.54, 1.807) is 19.4 Å². The van der Waals surface area contributed by atoms with Crippen LogP contribution in [0.3, 0.4) is 0 Å². The molecule has 17 heavy (non-hydrogen) atoms. The van der Waals surface area contributed by atoms with Crippen molar-refractivity contribution in [1.82, 2.24) is 10.3 Å². The van der Waals surface area contributed by atoms with Gasteiger partial charge < -0.3 is 20.9 Å². The molecular weight excluding hydrogens is 242 g/mol. The third-order valence-corrected chi connectivity index (χ3v) is 2.90. The Labute approximate surface area is 104 Å². The molecule has 0 saturated carbocycles. The maximum Gasteiger partial charge on any atom is 0.270 e. The molecule has 0 fully saturated rings. The molecule has 6 nitrogen and oxygen atoms in total. The number of carbonyl (C=O) groups is 1. The lowest BCUT2D eigenvalue weighted by Gasteiger charge is -2.22. The van der Waals surface area contributed by atoms with Crippen LogP contribution in [0.15, 0.2) is 5.38 Å². The van der Waals surface area contributed by atoms with Crippen molar-refractivity contribution >= 4 is 22.4 Å². The van der Waals surface area contributed by atoms with E-state index in [9.17, 15) is 9.90 Å². The topological polar surface area (TPSA) is 97.5 Å². The molecule has 0 saturated heterocycles. The van der Waals surface area contributed by atoms with Crippen LogP contribution < -0.4 is 11.1 Å². The Bertz CT molecular complexity index is 379. The number of ether oxygens (including phenoxy) is 1. The van der Waals surface area contributed by atoms with Crippen LogP contribution in [0.25, 0.3) is 0 Å². The van der Waals surface area contributed by atoms with Gasteiger partial charge in [-0.3, -0.25) is 4.79 Å². The minimum atomic E-state index is -0.993. The molecule has 1 rings (SSSR count). The Morgan fingerprint density at radius 1 is 1.76 bits per heavy atom. The van der Waals surface area contributed by atoms with E-state index in [4.69, 9.17) is 10.5 Å². The number of thiazole rings is 1. The minimum absolute atomic E-state index is 0.145. The average molecular weight is 259 g/mol. The number of nitrogen functional groups attached to an aromatic ring is 1. The molecule has 7 heteroatoms. The molecule has 0 radical (unpaired) electrons. The van der Waals surface area contributed by atoms with Gasteiger partial charge in [0.2, 0.25) is 0 Å². The number of amides is 1. The number of anilines is 1. The van der Waals surface area contributed by atoms with Gasteiger partial charge in [-0.25, -0.2) is 4.98 Å². The van der Waals surface area contributed by atoms with Gasteiger partial charge in [-0.1, -0.05) is 0 Å². The van der Waals surface area contributed by atoms with Crippen molar-refractivity contribution in [3.8, 4) is 0 Å². The summed E-state index contributed by atoms with van der Waals surface area (Å²) in [7, 11) is 1.56. The second-order valence-electron chi connectivity index (χ2n) is 3.99. The van der Waals surface area contributed by atoms with Crippen LogP contribution in [0.4, 0.5) is 5.13 Å². The first kappa shape index (κ1) is 13.9. The molecule has 1 amide bonds. The van der Waals surface area contributed by atoms with Crippen LogP contribution in [-0.4, -0.2) is 41.9 Å². The fraction of sp³-hybridized carbons (Fsp3) is 0.600. The summed E-state index contributed by atoms with van der Waals surface area (Å²) in [6.45, 7) is 2.22. The van der Waals surface area contributed by atoms with Gasteiger partial charge in [0.25, 0.3) is 5.91 Å². The van der Waals surface area contributed by atoms with Crippen LogP contribution in [0.1, 0.15) is 23.8 Å². The molecular formula is C10H17N3O3S. The average Bonchev–Trinajstić information content (AvgIpc) is 2.70. The number of aliphatic hydroxyl groups is 1. The fourth-order valence-corrected chi connectivity index (χ4v) is 1.71. The highest BCUT2D eigenvalue weighted by molar-refractivity contribution is 7.13. The van der Waals surface area contributed by atoms with E-state index in [0.29, 0.717) is 18.2 Å². The maximum atomic E-state index is 11.6. The zero-order chi connectivity index (χ0) is 12.9. The van der Waals surface area contributed by atoms with Gasteiger partial charge in [0.15, 0.2) is 5.13 Å². The van der Waals surface area contributed by atoms with Gasteiger partial charge in [0.05, 0.1) is 5.60 Å². The van der Waals surface area contributed by atoms with E-state index in [-0.39, 0.29) is 18.1 Å². The summed E-state index contributed by atoms with van der Waals surface area (Å²) in [5, 5.41) is 14.4. The zero-order valence-electron chi connectivity index (χ0n) is 9.90. The van der Waals surface area contributed by atoms with E-state index in [1.165, 1.54) is 11.3 Å². The number of hydrogen-bond donors (Lipinski definition) is 3. The van der Waals surface area contributed by atoms with Gasteiger partial charge >= 0.3 is 0 Å². The molecule has 1 aromatic rings. The van der Waals surface area contributed by atoms with E-state index >= 15 is 0 Å². The molecule has 0 aromatic carbocycles. The van der Waals surface area contributed by atoms with E-state index in [0.717, 1.165) is 0 Å². The third-order valence-electron chi connectivity index (χ3n) is 2.23. The fourth-order valence-electron chi connectivity index (χ4n) is 1.16. The lowest BCUT2D eigenvalue weighted by atomic mass is 10.0. The predicted molar refractivity (Wildman–Crippen MR) is 66.0 cm³/mol. The summed E-state index contributed by atoms with van der Waals surface area (Å²) in [5.74, 6) is -0.337. The smallest absolute Gasteiger partial charge is 0.270 e. The normalized spacial score (nSPS) is 14.3. The number of carbonyl (C=O) groups excluding carboxylic acids is 1. The summed E-state index contributed by atoms with van der Waals surface area (Å²) in [6.07, 6.45) is 0.447. The first-order valence-corrected chi connectivity index (χ1v) is 6.03. The summed E-state index contributed by atoms with van der Waals surface area (Å²) < 4.78 is 4.87. The minimum Gasteiger partial charge on any atom is -0.388 e. The van der Waals surface area contributed by atoms with E-state index in [1.807, 2.05) is 0 Å². The SMILES string of the molecule is COCCC(C)(O)CNC(=O)c1csc(N)n1. The van der Waals surface area contributed by atoms with Crippen LogP contribution in [0.2, 0.25) is 0 Å². The number of methoxy groups -OCH3 is 1. The van der Waals surface area contributed by atoms with E-state index < -0.39 is 5.60 Å². The molecule has 0 aliphatic heterocycles. The first-order chi connectivity index (χ1) is 7.94. The van der Waals surface area contributed by atoms with Gasteiger partial charge in [0.1, 0.15) is 5.69 Å². The van der Waals surface area contributed by atoms with Crippen molar-refractivity contribution in [3.05, 3.63) is 11.1 Å². The molecule has 0 bridgehead atoms. The van der Waals surface area contributed by atoms with Crippen molar-refractivity contribution in [1.29, 1.82) is 0 Å². The van der Waals surface area contributed by atoms with Gasteiger partial charge in [-0.15, -0.1) is 11.3 Å². The maximum absolute atomic E-state index is 11.6. The largest absolute Gasteiger partial charge is 0.388 e. The molecule has 1 heterocycles. The Kier molecular flexibility index (Phi) is 4.86. The van der Waals surface area contributed by atoms with Crippen molar-refractivity contribution < 1.29 is 14.6 Å². The second kappa shape index (κ2) is 5.95. The van der Waals surface area contributed by atoms with Crippen molar-refractivity contribution in [2.75, 3.05) is 26.0 Å². The second-order valence-corrected chi connectivity index (χ2v) is 4.88. The highest BCUT2D eigenvalue weighted by Crippen LogP contribution is 2.12. The number of rotatable bonds is 6. The number of nitrogens with zero attached hydrogens (tertiary/aromatic N) is 1. The van der Waals surface area contributed by atoms with Crippen LogP contribution >= 0.6 is 11.3 Å². The van der Waals surface area contributed by atoms with Crippen LogP contribution in [-0.2, 0) is 4.74 Å². The molecule has 1 atom stereocenters. The number of aromatic nitrogens is 1. The van der Waals surface area contributed by atoms with Gasteiger partial charge in [-0.05, 0) is 6.92 Å². The van der Waals surface area contributed by atoms with E-state index in [2.05, 4.69) is 10.3 Å². The molecule has 1 unspecified atom stereocenters. The van der Waals surface area contributed by atoms with Crippen molar-refractivity contribution in [2.24, 2.45) is 0 Å². The Morgan fingerprint density at radius 2 is 2.47 bits per heavy atom. The Hall–Kier alpha value is -1.18. The molecule has 0 spiro atoms. The van der Waals surface area contributed by atoms with Gasteiger partial charge in [-0.2, -0.15) is 0 Å². The molecule has 1 aromatic heterocycles. The van der Waals surface area contributed by atoms with Crippen LogP contribution in [0, 0.1) is 0 Å². The van der Waals surface area contributed by atoms with Gasteiger partial charge in [0, 0.05) is 32.1 Å². The number of hydrogen-bond acceptors (Lipinski definition) is 6. The molecule has 4 N–H and O–H groups in total. The molecule has 0 aliphatic rings. The molecule has 96 valence electrons. The predicted octanol–water partition coefficient (Wildman–Crippen LogP) is 0.243. The van der Waals surface area contributed by atoms with Crippen molar-refractivity contribution in [3.63, 3.8) is 0 Å². The lowest BCUT2D eigenvalue weighted by molar-refractivity contribution is 0.0243. The first-order valence-electron chi connectivity index (χ1n) is 5.15. The summed E-state index contributed by atoms with van der Waals surface area (Å²) in [6, 6.07) is 0. The quantitative estimate of drug-likeness (QED) is 0.680. The summed E-state index contributed by atoms with van der Waals surface area (Å²) in [5.41, 5.74) is 4.71. The Balaban J connectivity index is 2.42.